The van der Waals surface area contributed by atoms with Gasteiger partial charge >= 0.3 is 0 Å². The number of nitrogens with zero attached hydrogens (tertiary/aromatic N) is 2. The summed E-state index contributed by atoms with van der Waals surface area (Å²) in [6, 6.07) is 2.73. The van der Waals surface area contributed by atoms with Gasteiger partial charge in [0.1, 0.15) is 5.82 Å². The maximum atomic E-state index is 4.65. The zero-order valence-electron chi connectivity index (χ0n) is 11.0. The third-order valence-electron chi connectivity index (χ3n) is 3.90. The lowest BCUT2D eigenvalue weighted by Crippen LogP contribution is -2.43. The van der Waals surface area contributed by atoms with Gasteiger partial charge in [0, 0.05) is 31.9 Å². The lowest BCUT2D eigenvalue weighted by molar-refractivity contribution is 0.159. The number of hydrogen-bond donors (Lipinski definition) is 1. The molecular formula is C15H19N3. The zero-order valence-corrected chi connectivity index (χ0v) is 11.0. The Morgan fingerprint density at radius 1 is 1.44 bits per heavy atom. The maximum absolute atomic E-state index is 4.65. The van der Waals surface area contributed by atoms with Crippen LogP contribution < -0.4 is 10.6 Å². The van der Waals surface area contributed by atoms with E-state index in [9.17, 15) is 0 Å². The van der Waals surface area contributed by atoms with E-state index < -0.39 is 0 Å². The van der Waals surface area contributed by atoms with Crippen LogP contribution in [0, 0.1) is 5.92 Å². The molecule has 1 aromatic heterocycles. The van der Waals surface area contributed by atoms with Gasteiger partial charge < -0.3 is 9.88 Å². The number of nitrogens with one attached hydrogen (secondary N) is 1. The van der Waals surface area contributed by atoms with E-state index in [1.807, 2.05) is 18.5 Å². The molecule has 0 bridgehead atoms. The van der Waals surface area contributed by atoms with Crippen LogP contribution in [0.5, 0.6) is 0 Å². The molecule has 94 valence electrons. The lowest BCUT2D eigenvalue weighted by Gasteiger charge is -2.40. The van der Waals surface area contributed by atoms with Crippen LogP contribution in [0.25, 0.3) is 11.6 Å². The molecule has 3 heteroatoms. The van der Waals surface area contributed by atoms with Crippen molar-refractivity contribution >= 4 is 17.8 Å². The van der Waals surface area contributed by atoms with E-state index in [1.54, 1.807) is 0 Å². The molecule has 1 aliphatic carbocycles. The van der Waals surface area contributed by atoms with Crippen LogP contribution in [0.15, 0.2) is 23.3 Å². The summed E-state index contributed by atoms with van der Waals surface area (Å²) < 4.78 is 0. The highest BCUT2D eigenvalue weighted by atomic mass is 15.2. The van der Waals surface area contributed by atoms with Gasteiger partial charge in [-0.25, -0.2) is 4.99 Å². The van der Waals surface area contributed by atoms with Crippen LogP contribution in [-0.4, -0.2) is 29.2 Å². The molecule has 1 fully saturated rings. The van der Waals surface area contributed by atoms with Gasteiger partial charge in [-0.1, -0.05) is 12.7 Å². The molecule has 0 saturated heterocycles. The minimum Gasteiger partial charge on any atom is -0.356 e. The minimum absolute atomic E-state index is 0.637. The van der Waals surface area contributed by atoms with Crippen LogP contribution in [0.2, 0.25) is 0 Å². The van der Waals surface area contributed by atoms with Crippen LogP contribution in [0.1, 0.15) is 26.2 Å². The first-order valence-electron chi connectivity index (χ1n) is 6.64. The Labute approximate surface area is 107 Å². The van der Waals surface area contributed by atoms with E-state index in [1.165, 1.54) is 12.8 Å². The second kappa shape index (κ2) is 4.51. The van der Waals surface area contributed by atoms with Crippen molar-refractivity contribution in [1.29, 1.82) is 0 Å². The number of fused-ring (bicyclic) bond motifs is 1. The van der Waals surface area contributed by atoms with Crippen molar-refractivity contribution < 1.29 is 0 Å². The molecule has 0 radical (unpaired) electrons. The molecule has 1 saturated carbocycles. The summed E-state index contributed by atoms with van der Waals surface area (Å²) in [5, 5.41) is 2.20. The SMILES string of the molecule is CC1CC(N(C)C2=c3cc[nH]c3=C=CCC=N2)C1. The average molecular weight is 241 g/mol. The van der Waals surface area contributed by atoms with E-state index in [4.69, 9.17) is 0 Å². The van der Waals surface area contributed by atoms with Crippen molar-refractivity contribution in [2.45, 2.75) is 32.2 Å². The summed E-state index contributed by atoms with van der Waals surface area (Å²) in [7, 11) is 2.16. The van der Waals surface area contributed by atoms with Gasteiger partial charge in [-0.05, 0) is 30.9 Å². The topological polar surface area (TPSA) is 31.4 Å². The first kappa shape index (κ1) is 11.4. The van der Waals surface area contributed by atoms with Crippen LogP contribution in [0.4, 0.5) is 0 Å². The number of rotatable bonds is 2. The van der Waals surface area contributed by atoms with Gasteiger partial charge in [-0.3, -0.25) is 0 Å². The van der Waals surface area contributed by atoms with Gasteiger partial charge in [0.25, 0.3) is 0 Å². The standard InChI is InChI=1S/C15H19N3/c1-11-9-12(10-11)18(2)15-13-6-8-16-14(13)5-3-4-7-17-15/h3,6-8,11-12,16H,4,9-10H2,1-2H3. The Hall–Kier alpha value is -1.73. The van der Waals surface area contributed by atoms with Crippen molar-refractivity contribution in [3.63, 3.8) is 0 Å². The van der Waals surface area contributed by atoms with E-state index in [-0.39, 0.29) is 0 Å². The van der Waals surface area contributed by atoms with Crippen molar-refractivity contribution in [2.75, 3.05) is 7.05 Å². The number of hydrogen-bond acceptors (Lipinski definition) is 2. The van der Waals surface area contributed by atoms with Crippen molar-refractivity contribution in [3.8, 4) is 0 Å². The molecule has 2 aliphatic rings. The highest BCUT2D eigenvalue weighted by molar-refractivity contribution is 5.67. The quantitative estimate of drug-likeness (QED) is 0.829. The van der Waals surface area contributed by atoms with Gasteiger partial charge in [0.15, 0.2) is 0 Å². The van der Waals surface area contributed by atoms with E-state index >= 15 is 0 Å². The number of allylic oxidation sites excluding steroid dienone is 1. The van der Waals surface area contributed by atoms with E-state index in [0.29, 0.717) is 6.04 Å². The average Bonchev–Trinajstić information content (AvgIpc) is 2.72. The molecule has 1 aliphatic heterocycles. The second-order valence-corrected chi connectivity index (χ2v) is 5.33. The van der Waals surface area contributed by atoms with Crippen LogP contribution in [-0.2, 0) is 0 Å². The monoisotopic (exact) mass is 241 g/mol. The lowest BCUT2D eigenvalue weighted by atomic mass is 9.81. The first-order chi connectivity index (χ1) is 8.75. The molecule has 3 rings (SSSR count). The highest BCUT2D eigenvalue weighted by Crippen LogP contribution is 2.32. The Bertz CT molecular complexity index is 610. The molecule has 0 spiro atoms. The molecule has 1 N–H and O–H groups in total. The van der Waals surface area contributed by atoms with Crippen molar-refractivity contribution in [1.82, 2.24) is 9.88 Å². The first-order valence-corrected chi connectivity index (χ1v) is 6.64. The highest BCUT2D eigenvalue weighted by Gasteiger charge is 2.30. The number of H-pyrrole nitrogens is 1. The van der Waals surface area contributed by atoms with Gasteiger partial charge in [-0.2, -0.15) is 0 Å². The van der Waals surface area contributed by atoms with Crippen LogP contribution >= 0.6 is 0 Å². The summed E-state index contributed by atoms with van der Waals surface area (Å²) in [5.41, 5.74) is 3.29. The van der Waals surface area contributed by atoms with Crippen molar-refractivity contribution in [3.05, 3.63) is 28.9 Å². The molecule has 0 atom stereocenters. The summed E-state index contributed by atoms with van der Waals surface area (Å²) in [6.45, 7) is 2.31. The number of aromatic nitrogens is 1. The van der Waals surface area contributed by atoms with Crippen LogP contribution in [0.3, 0.4) is 0 Å². The minimum atomic E-state index is 0.637. The van der Waals surface area contributed by atoms with Gasteiger partial charge in [0.05, 0.1) is 10.6 Å². The van der Waals surface area contributed by atoms with Gasteiger partial charge in [-0.15, -0.1) is 0 Å². The maximum Gasteiger partial charge on any atom is 0.138 e. The summed E-state index contributed by atoms with van der Waals surface area (Å²) in [5.74, 6) is 1.93. The number of aliphatic imine (C=N–C) groups is 1. The Morgan fingerprint density at radius 2 is 2.28 bits per heavy atom. The molecule has 0 unspecified atom stereocenters. The largest absolute Gasteiger partial charge is 0.356 e. The second-order valence-electron chi connectivity index (χ2n) is 5.33. The fraction of sp³-hybridized carbons (Fsp3) is 0.467. The summed E-state index contributed by atoms with van der Waals surface area (Å²) in [4.78, 5) is 10.2. The Kier molecular flexibility index (Phi) is 2.85. The number of aromatic amines is 1. The molecule has 1 aromatic rings. The molecular weight excluding hydrogens is 222 g/mol. The Morgan fingerprint density at radius 3 is 3.06 bits per heavy atom. The molecule has 18 heavy (non-hydrogen) atoms. The van der Waals surface area contributed by atoms with Crippen molar-refractivity contribution in [2.24, 2.45) is 10.9 Å². The Balaban J connectivity index is 2.08. The predicted molar refractivity (Wildman–Crippen MR) is 74.5 cm³/mol. The molecule has 3 nitrogen and oxygen atoms in total. The predicted octanol–water partition coefficient (Wildman–Crippen LogP) is 1.22. The van der Waals surface area contributed by atoms with E-state index in [0.717, 1.165) is 28.7 Å². The third kappa shape index (κ3) is 1.91. The zero-order chi connectivity index (χ0) is 12.5. The third-order valence-corrected chi connectivity index (χ3v) is 3.90. The molecule has 0 aromatic carbocycles. The summed E-state index contributed by atoms with van der Waals surface area (Å²) in [6.07, 6.45) is 9.34. The summed E-state index contributed by atoms with van der Waals surface area (Å²) >= 11 is 0. The normalized spacial score (nSPS) is 25.8. The molecule has 0 amide bonds. The molecule has 2 heterocycles. The van der Waals surface area contributed by atoms with E-state index in [2.05, 4.69) is 40.6 Å². The smallest absolute Gasteiger partial charge is 0.138 e. The van der Waals surface area contributed by atoms with Gasteiger partial charge in [0.2, 0.25) is 0 Å². The fourth-order valence-electron chi connectivity index (χ4n) is 2.73. The fourth-order valence-corrected chi connectivity index (χ4v) is 2.73.